The van der Waals surface area contributed by atoms with E-state index in [0.29, 0.717) is 0 Å². The van der Waals surface area contributed by atoms with Crippen molar-refractivity contribution in [1.29, 1.82) is 0 Å². The number of nitrogens with zero attached hydrogens (tertiary/aromatic N) is 1. The summed E-state index contributed by atoms with van der Waals surface area (Å²) in [7, 11) is 0. The molecule has 1 aliphatic rings. The second-order valence-electron chi connectivity index (χ2n) is 1.41. The molecule has 0 fully saturated rings. The monoisotopic (exact) mass is 145 g/mol. The van der Waals surface area contributed by atoms with Crippen LogP contribution in [0.15, 0.2) is 5.16 Å². The van der Waals surface area contributed by atoms with Gasteiger partial charge in [-0.25, -0.2) is 0 Å². The molecule has 0 bridgehead atoms. The van der Waals surface area contributed by atoms with Gasteiger partial charge in [0.15, 0.2) is 0 Å². The highest BCUT2D eigenvalue weighted by atomic mass is 16.6. The molecule has 0 aromatic carbocycles. The van der Waals surface area contributed by atoms with Gasteiger partial charge in [0.2, 0.25) is 0 Å². The molecule has 0 saturated heterocycles. The molecule has 1 aliphatic heterocycles. The van der Waals surface area contributed by atoms with Gasteiger partial charge in [-0.05, 0) is 6.92 Å². The lowest BCUT2D eigenvalue weighted by atomic mass is 10.3. The van der Waals surface area contributed by atoms with Crippen molar-refractivity contribution >= 4 is 5.71 Å². The molecule has 1 heterocycles. The number of hydrogen-bond donors (Lipinski definition) is 0. The van der Waals surface area contributed by atoms with E-state index in [1.54, 1.807) is 0 Å². The average molecular weight is 145 g/mol. The third kappa shape index (κ3) is 7.47. The SMILES string of the molecule is CC.CC.CC1=NOCC1. The molecule has 0 spiro atoms. The maximum Gasteiger partial charge on any atom is 0.122 e. The Morgan fingerprint density at radius 1 is 1.20 bits per heavy atom. The number of rotatable bonds is 0. The topological polar surface area (TPSA) is 21.6 Å². The van der Waals surface area contributed by atoms with E-state index in [9.17, 15) is 0 Å². The Labute approximate surface area is 64.3 Å². The average Bonchev–Trinajstić information content (AvgIpc) is 2.48. The number of hydrogen-bond acceptors (Lipinski definition) is 2. The van der Waals surface area contributed by atoms with Gasteiger partial charge in [-0.2, -0.15) is 0 Å². The molecular weight excluding hydrogens is 126 g/mol. The second kappa shape index (κ2) is 11.3. The highest BCUT2D eigenvalue weighted by molar-refractivity contribution is 5.82. The first-order valence-electron chi connectivity index (χ1n) is 4.05. The van der Waals surface area contributed by atoms with Crippen LogP contribution >= 0.6 is 0 Å². The third-order valence-electron chi connectivity index (χ3n) is 0.776. The van der Waals surface area contributed by atoms with Crippen LogP contribution in [0.25, 0.3) is 0 Å². The van der Waals surface area contributed by atoms with E-state index in [1.807, 2.05) is 34.6 Å². The summed E-state index contributed by atoms with van der Waals surface area (Å²) in [5, 5.41) is 3.65. The summed E-state index contributed by atoms with van der Waals surface area (Å²) in [5.41, 5.74) is 1.11. The van der Waals surface area contributed by atoms with E-state index >= 15 is 0 Å². The van der Waals surface area contributed by atoms with E-state index in [2.05, 4.69) is 9.99 Å². The molecule has 0 atom stereocenters. The van der Waals surface area contributed by atoms with Gasteiger partial charge in [0.05, 0.1) is 5.71 Å². The van der Waals surface area contributed by atoms with Crippen LogP contribution in [0.4, 0.5) is 0 Å². The van der Waals surface area contributed by atoms with Crippen molar-refractivity contribution in [2.24, 2.45) is 5.16 Å². The standard InChI is InChI=1S/C4H7NO.2C2H6/c1-4-2-3-6-5-4;2*1-2/h2-3H2,1H3;2*1-2H3. The Balaban J connectivity index is 0. The van der Waals surface area contributed by atoms with Crippen LogP contribution in [0.3, 0.4) is 0 Å². The largest absolute Gasteiger partial charge is 0.395 e. The van der Waals surface area contributed by atoms with Crippen LogP contribution in [-0.2, 0) is 4.84 Å². The Hall–Kier alpha value is -0.530. The predicted molar refractivity (Wildman–Crippen MR) is 46.4 cm³/mol. The predicted octanol–water partition coefficient (Wildman–Crippen LogP) is 2.84. The zero-order valence-electron chi connectivity index (χ0n) is 7.77. The smallest absolute Gasteiger partial charge is 0.122 e. The van der Waals surface area contributed by atoms with Crippen molar-refractivity contribution in [3.05, 3.63) is 0 Å². The first-order chi connectivity index (χ1) is 4.89. The fourth-order valence-electron chi connectivity index (χ4n) is 0.395. The van der Waals surface area contributed by atoms with E-state index < -0.39 is 0 Å². The van der Waals surface area contributed by atoms with Gasteiger partial charge in [-0.15, -0.1) is 0 Å². The summed E-state index contributed by atoms with van der Waals surface area (Å²) < 4.78 is 0. The summed E-state index contributed by atoms with van der Waals surface area (Å²) in [6.45, 7) is 10.7. The molecule has 0 aromatic rings. The maximum atomic E-state index is 4.64. The summed E-state index contributed by atoms with van der Waals surface area (Å²) in [4.78, 5) is 4.64. The van der Waals surface area contributed by atoms with E-state index in [4.69, 9.17) is 0 Å². The Bertz CT molecular complexity index is 79.3. The van der Waals surface area contributed by atoms with E-state index in [1.165, 1.54) is 0 Å². The summed E-state index contributed by atoms with van der Waals surface area (Å²) in [6.07, 6.45) is 1.01. The first kappa shape index (κ1) is 12.2. The summed E-state index contributed by atoms with van der Waals surface area (Å²) in [6, 6.07) is 0. The van der Waals surface area contributed by atoms with Crippen LogP contribution in [0.2, 0.25) is 0 Å². The van der Waals surface area contributed by atoms with Crippen molar-refractivity contribution in [3.63, 3.8) is 0 Å². The van der Waals surface area contributed by atoms with Crippen molar-refractivity contribution < 1.29 is 4.84 Å². The number of oxime groups is 1. The molecule has 0 aromatic heterocycles. The second-order valence-corrected chi connectivity index (χ2v) is 1.41. The molecule has 0 amide bonds. The van der Waals surface area contributed by atoms with Crippen LogP contribution in [0.5, 0.6) is 0 Å². The zero-order valence-corrected chi connectivity index (χ0v) is 7.77. The van der Waals surface area contributed by atoms with Crippen molar-refractivity contribution in [2.45, 2.75) is 41.0 Å². The molecule has 0 unspecified atom stereocenters. The van der Waals surface area contributed by atoms with E-state index in [-0.39, 0.29) is 0 Å². The van der Waals surface area contributed by atoms with E-state index in [0.717, 1.165) is 18.7 Å². The minimum atomic E-state index is 0.784. The lowest BCUT2D eigenvalue weighted by Crippen LogP contribution is -1.82. The Morgan fingerprint density at radius 2 is 1.70 bits per heavy atom. The maximum absolute atomic E-state index is 4.64. The molecule has 0 aliphatic carbocycles. The fraction of sp³-hybridized carbons (Fsp3) is 0.875. The van der Waals surface area contributed by atoms with Gasteiger partial charge in [-0.1, -0.05) is 32.9 Å². The molecule has 1 rings (SSSR count). The van der Waals surface area contributed by atoms with Crippen LogP contribution < -0.4 is 0 Å². The van der Waals surface area contributed by atoms with Gasteiger partial charge >= 0.3 is 0 Å². The molecule has 2 heteroatoms. The minimum Gasteiger partial charge on any atom is -0.395 e. The zero-order chi connectivity index (χ0) is 8.41. The lowest BCUT2D eigenvalue weighted by molar-refractivity contribution is 0.173. The molecule has 62 valence electrons. The highest BCUT2D eigenvalue weighted by Gasteiger charge is 1.98. The van der Waals surface area contributed by atoms with Gasteiger partial charge in [0, 0.05) is 6.42 Å². The fourth-order valence-corrected chi connectivity index (χ4v) is 0.395. The minimum absolute atomic E-state index is 0.784. The van der Waals surface area contributed by atoms with Gasteiger partial charge in [0.25, 0.3) is 0 Å². The normalized spacial score (nSPS) is 13.1. The van der Waals surface area contributed by atoms with Crippen LogP contribution in [0.1, 0.15) is 41.0 Å². The Kier molecular flexibility index (Phi) is 13.7. The van der Waals surface area contributed by atoms with Gasteiger partial charge < -0.3 is 4.84 Å². The van der Waals surface area contributed by atoms with Gasteiger partial charge in [-0.3, -0.25) is 0 Å². The third-order valence-corrected chi connectivity index (χ3v) is 0.776. The molecule has 2 nitrogen and oxygen atoms in total. The molecule has 10 heavy (non-hydrogen) atoms. The summed E-state index contributed by atoms with van der Waals surface area (Å²) >= 11 is 0. The van der Waals surface area contributed by atoms with Gasteiger partial charge in [0.1, 0.15) is 6.61 Å². The van der Waals surface area contributed by atoms with Crippen molar-refractivity contribution in [1.82, 2.24) is 0 Å². The molecule has 0 saturated carbocycles. The van der Waals surface area contributed by atoms with Crippen LogP contribution in [-0.4, -0.2) is 12.3 Å². The molecule has 0 radical (unpaired) electrons. The quantitative estimate of drug-likeness (QED) is 0.513. The molecule has 0 N–H and O–H groups in total. The van der Waals surface area contributed by atoms with Crippen LogP contribution in [0, 0.1) is 0 Å². The summed E-state index contributed by atoms with van der Waals surface area (Å²) in [5.74, 6) is 0. The van der Waals surface area contributed by atoms with Crippen molar-refractivity contribution in [2.75, 3.05) is 6.61 Å². The lowest BCUT2D eigenvalue weighted by Gasteiger charge is -1.76. The molecular formula is C8H19NO. The Morgan fingerprint density at radius 3 is 1.80 bits per heavy atom. The first-order valence-corrected chi connectivity index (χ1v) is 4.05. The van der Waals surface area contributed by atoms with Crippen molar-refractivity contribution in [3.8, 4) is 0 Å². The highest BCUT2D eigenvalue weighted by Crippen LogP contribution is 1.96.